The Bertz CT molecular complexity index is 366. The zero-order valence-electron chi connectivity index (χ0n) is 10.7. The molecule has 0 fully saturated rings. The first-order valence-corrected chi connectivity index (χ1v) is 5.81. The molecule has 0 unspecified atom stereocenters. The molecular formula is C11H21N5O. The van der Waals surface area contributed by atoms with Crippen molar-refractivity contribution in [3.63, 3.8) is 0 Å². The molecule has 0 radical (unpaired) electrons. The van der Waals surface area contributed by atoms with E-state index in [-0.39, 0.29) is 18.0 Å². The number of aryl methyl sites for hydroxylation is 1. The smallest absolute Gasteiger partial charge is 0.242 e. The highest BCUT2D eigenvalue weighted by molar-refractivity contribution is 5.76. The number of hydrogen-bond acceptors (Lipinski definition) is 4. The molecule has 0 saturated heterocycles. The van der Waals surface area contributed by atoms with Crippen LogP contribution in [0.5, 0.6) is 0 Å². The van der Waals surface area contributed by atoms with Gasteiger partial charge in [0.2, 0.25) is 5.91 Å². The highest BCUT2D eigenvalue weighted by Crippen LogP contribution is 2.00. The average molecular weight is 239 g/mol. The largest absolute Gasteiger partial charge is 0.350 e. The fourth-order valence-corrected chi connectivity index (χ4v) is 1.42. The lowest BCUT2D eigenvalue weighted by Gasteiger charge is -2.20. The van der Waals surface area contributed by atoms with E-state index in [1.54, 1.807) is 10.9 Å². The van der Waals surface area contributed by atoms with E-state index in [2.05, 4.69) is 15.6 Å². The van der Waals surface area contributed by atoms with Gasteiger partial charge < -0.3 is 11.1 Å². The molecule has 1 rings (SSSR count). The Kier molecular flexibility index (Phi) is 4.62. The second kappa shape index (κ2) is 5.77. The van der Waals surface area contributed by atoms with Crippen molar-refractivity contribution >= 4 is 5.91 Å². The molecule has 96 valence electrons. The first-order valence-electron chi connectivity index (χ1n) is 5.81. The lowest BCUT2D eigenvalue weighted by molar-refractivity contribution is -0.123. The van der Waals surface area contributed by atoms with E-state index in [9.17, 15) is 4.79 Å². The summed E-state index contributed by atoms with van der Waals surface area (Å²) in [4.78, 5) is 11.6. The first-order chi connectivity index (χ1) is 7.90. The Morgan fingerprint density at radius 3 is 2.82 bits per heavy atom. The van der Waals surface area contributed by atoms with E-state index in [0.29, 0.717) is 6.54 Å². The second-order valence-corrected chi connectivity index (χ2v) is 5.10. The monoisotopic (exact) mass is 239 g/mol. The predicted octanol–water partition coefficient (Wildman–Crippen LogP) is 0.0841. The van der Waals surface area contributed by atoms with Crippen LogP contribution in [0.1, 0.15) is 32.9 Å². The Labute approximate surface area is 102 Å². The summed E-state index contributed by atoms with van der Waals surface area (Å²) in [6, 6.07) is 0. The van der Waals surface area contributed by atoms with E-state index in [1.807, 2.05) is 20.8 Å². The van der Waals surface area contributed by atoms with Crippen molar-refractivity contribution in [1.29, 1.82) is 0 Å². The Morgan fingerprint density at radius 2 is 2.24 bits per heavy atom. The number of amides is 1. The quantitative estimate of drug-likeness (QED) is 0.762. The fraction of sp³-hybridized carbons (Fsp3) is 0.727. The number of nitrogens with one attached hydrogen (secondary N) is 1. The van der Waals surface area contributed by atoms with Crippen molar-refractivity contribution in [3.05, 3.63) is 11.9 Å². The van der Waals surface area contributed by atoms with Gasteiger partial charge in [-0.15, -0.1) is 5.10 Å². The number of aromatic nitrogens is 3. The molecule has 0 aliphatic carbocycles. The third-order valence-electron chi connectivity index (χ3n) is 2.04. The summed E-state index contributed by atoms with van der Waals surface area (Å²) < 4.78 is 1.55. The summed E-state index contributed by atoms with van der Waals surface area (Å²) in [5.74, 6) is -0.0622. The molecule has 0 atom stereocenters. The molecule has 1 heterocycles. The van der Waals surface area contributed by atoms with E-state index < -0.39 is 0 Å². The molecule has 6 heteroatoms. The van der Waals surface area contributed by atoms with Crippen molar-refractivity contribution in [2.24, 2.45) is 5.73 Å². The SMILES string of the molecule is CC(C)(C)NC(=O)Cn1cc(CCCN)nn1. The molecule has 1 amide bonds. The Morgan fingerprint density at radius 1 is 1.53 bits per heavy atom. The van der Waals surface area contributed by atoms with Gasteiger partial charge >= 0.3 is 0 Å². The van der Waals surface area contributed by atoms with Crippen LogP contribution in [0.2, 0.25) is 0 Å². The maximum Gasteiger partial charge on any atom is 0.242 e. The summed E-state index contributed by atoms with van der Waals surface area (Å²) in [6.07, 6.45) is 3.47. The van der Waals surface area contributed by atoms with Crippen molar-refractivity contribution in [1.82, 2.24) is 20.3 Å². The molecule has 0 bridgehead atoms. The van der Waals surface area contributed by atoms with Crippen LogP contribution in [-0.4, -0.2) is 33.0 Å². The standard InChI is InChI=1S/C11H21N5O/c1-11(2,3)13-10(17)8-16-7-9(14-15-16)5-4-6-12/h7H,4-6,8,12H2,1-3H3,(H,13,17). The topological polar surface area (TPSA) is 85.8 Å². The van der Waals surface area contributed by atoms with Crippen molar-refractivity contribution < 1.29 is 4.79 Å². The van der Waals surface area contributed by atoms with Gasteiger partial charge in [0, 0.05) is 11.7 Å². The highest BCUT2D eigenvalue weighted by atomic mass is 16.2. The number of carbonyl (C=O) groups excluding carboxylic acids is 1. The van der Waals surface area contributed by atoms with E-state index in [1.165, 1.54) is 0 Å². The van der Waals surface area contributed by atoms with Crippen molar-refractivity contribution in [2.75, 3.05) is 6.54 Å². The van der Waals surface area contributed by atoms with Crippen molar-refractivity contribution in [2.45, 2.75) is 45.7 Å². The van der Waals surface area contributed by atoms with Gasteiger partial charge in [-0.3, -0.25) is 4.79 Å². The van der Waals surface area contributed by atoms with Crippen LogP contribution in [-0.2, 0) is 17.8 Å². The average Bonchev–Trinajstić information content (AvgIpc) is 2.59. The van der Waals surface area contributed by atoms with Crippen LogP contribution in [0.15, 0.2) is 6.20 Å². The van der Waals surface area contributed by atoms with Gasteiger partial charge in [0.15, 0.2) is 0 Å². The number of nitrogens with two attached hydrogens (primary N) is 1. The maximum absolute atomic E-state index is 11.6. The molecule has 0 aliphatic rings. The van der Waals surface area contributed by atoms with E-state index in [0.717, 1.165) is 18.5 Å². The van der Waals surface area contributed by atoms with Gasteiger partial charge in [-0.2, -0.15) is 0 Å². The molecule has 0 aliphatic heterocycles. The van der Waals surface area contributed by atoms with Crippen molar-refractivity contribution in [3.8, 4) is 0 Å². The summed E-state index contributed by atoms with van der Waals surface area (Å²) in [7, 11) is 0. The molecule has 0 spiro atoms. The minimum Gasteiger partial charge on any atom is -0.350 e. The normalized spacial score (nSPS) is 11.5. The van der Waals surface area contributed by atoms with Gasteiger partial charge in [0.25, 0.3) is 0 Å². The van der Waals surface area contributed by atoms with E-state index in [4.69, 9.17) is 5.73 Å². The summed E-state index contributed by atoms with van der Waals surface area (Å²) >= 11 is 0. The zero-order valence-corrected chi connectivity index (χ0v) is 10.7. The molecule has 1 aromatic heterocycles. The predicted molar refractivity (Wildman–Crippen MR) is 65.3 cm³/mol. The van der Waals surface area contributed by atoms with Gasteiger partial charge in [0.05, 0.1) is 5.69 Å². The second-order valence-electron chi connectivity index (χ2n) is 5.10. The molecule has 1 aromatic rings. The maximum atomic E-state index is 11.6. The molecule has 3 N–H and O–H groups in total. The van der Waals surface area contributed by atoms with Gasteiger partial charge in [-0.05, 0) is 40.2 Å². The minimum absolute atomic E-state index is 0.0622. The molecular weight excluding hydrogens is 218 g/mol. The number of rotatable bonds is 5. The summed E-state index contributed by atoms with van der Waals surface area (Å²) in [5, 5.41) is 10.8. The summed E-state index contributed by atoms with van der Waals surface area (Å²) in [5.41, 5.74) is 6.07. The summed E-state index contributed by atoms with van der Waals surface area (Å²) in [6.45, 7) is 6.67. The Balaban J connectivity index is 2.46. The number of nitrogens with zero attached hydrogens (tertiary/aromatic N) is 3. The zero-order chi connectivity index (χ0) is 12.9. The van der Waals surface area contributed by atoms with E-state index >= 15 is 0 Å². The van der Waals surface area contributed by atoms with Crippen LogP contribution < -0.4 is 11.1 Å². The lowest BCUT2D eigenvalue weighted by atomic mass is 10.1. The number of hydrogen-bond donors (Lipinski definition) is 2. The van der Waals surface area contributed by atoms with Gasteiger partial charge in [-0.1, -0.05) is 5.21 Å². The minimum atomic E-state index is -0.222. The van der Waals surface area contributed by atoms with Gasteiger partial charge in [0.1, 0.15) is 6.54 Å². The third kappa shape index (κ3) is 5.44. The fourth-order valence-electron chi connectivity index (χ4n) is 1.42. The van der Waals surface area contributed by atoms with Crippen LogP contribution >= 0.6 is 0 Å². The van der Waals surface area contributed by atoms with Crippen LogP contribution in [0.4, 0.5) is 0 Å². The van der Waals surface area contributed by atoms with Crippen LogP contribution in [0.3, 0.4) is 0 Å². The molecule has 0 saturated carbocycles. The molecule has 0 aromatic carbocycles. The Hall–Kier alpha value is -1.43. The first kappa shape index (κ1) is 13.6. The third-order valence-corrected chi connectivity index (χ3v) is 2.04. The lowest BCUT2D eigenvalue weighted by Crippen LogP contribution is -2.42. The molecule has 6 nitrogen and oxygen atoms in total. The highest BCUT2D eigenvalue weighted by Gasteiger charge is 2.14. The number of carbonyl (C=O) groups is 1. The van der Waals surface area contributed by atoms with Crippen LogP contribution in [0, 0.1) is 0 Å². The van der Waals surface area contributed by atoms with Gasteiger partial charge in [-0.25, -0.2) is 4.68 Å². The molecule has 17 heavy (non-hydrogen) atoms. The van der Waals surface area contributed by atoms with Crippen LogP contribution in [0.25, 0.3) is 0 Å².